The van der Waals surface area contributed by atoms with Gasteiger partial charge in [0.05, 0.1) is 11.9 Å². The van der Waals surface area contributed by atoms with E-state index in [0.717, 1.165) is 62.0 Å². The zero-order chi connectivity index (χ0) is 20.2. The molecule has 2 aliphatic heterocycles. The van der Waals surface area contributed by atoms with E-state index in [1.807, 2.05) is 36.2 Å². The molecular weight excluding hydrogens is 386 g/mol. The molecule has 6 nitrogen and oxygen atoms in total. The predicted octanol–water partition coefficient (Wildman–Crippen LogP) is 3.94. The van der Waals surface area contributed by atoms with Crippen molar-refractivity contribution >= 4 is 29.1 Å². The maximum atomic E-state index is 12.6. The normalized spacial score (nSPS) is 20.1. The first-order valence-corrected chi connectivity index (χ1v) is 10.7. The third-order valence-corrected chi connectivity index (χ3v) is 6.30. The van der Waals surface area contributed by atoms with Gasteiger partial charge >= 0.3 is 6.03 Å². The molecule has 0 bridgehead atoms. The van der Waals surface area contributed by atoms with Gasteiger partial charge in [0.2, 0.25) is 0 Å². The lowest BCUT2D eigenvalue weighted by atomic mass is 9.89. The fourth-order valence-electron chi connectivity index (χ4n) is 4.20. The number of aromatic nitrogens is 1. The highest BCUT2D eigenvalue weighted by atomic mass is 35.5. The zero-order valence-electron chi connectivity index (χ0n) is 16.8. The topological polar surface area (TPSA) is 60.5 Å². The van der Waals surface area contributed by atoms with E-state index in [1.165, 1.54) is 5.56 Å². The Morgan fingerprint density at radius 2 is 1.83 bits per heavy atom. The van der Waals surface area contributed by atoms with Crippen molar-refractivity contribution in [1.29, 1.82) is 0 Å². The van der Waals surface area contributed by atoms with Gasteiger partial charge in [-0.15, -0.1) is 0 Å². The number of likely N-dealkylation sites (N-methyl/N-ethyl adjacent to an activating group) is 1. The predicted molar refractivity (Wildman–Crippen MR) is 118 cm³/mol. The third-order valence-electron chi connectivity index (χ3n) is 6.04. The number of urea groups is 1. The summed E-state index contributed by atoms with van der Waals surface area (Å²) in [7, 11) is 2.00. The number of carbonyl (C=O) groups excluding carboxylic acids is 1. The monoisotopic (exact) mass is 413 g/mol. The quantitative estimate of drug-likeness (QED) is 0.796. The number of anilines is 2. The Labute approximate surface area is 177 Å². The number of hydrogen-bond acceptors (Lipinski definition) is 4. The maximum absolute atomic E-state index is 12.6. The van der Waals surface area contributed by atoms with E-state index in [0.29, 0.717) is 12.0 Å². The van der Waals surface area contributed by atoms with Crippen molar-refractivity contribution in [3.63, 3.8) is 0 Å². The van der Waals surface area contributed by atoms with E-state index < -0.39 is 0 Å². The second-order valence-electron chi connectivity index (χ2n) is 7.87. The van der Waals surface area contributed by atoms with Crippen LogP contribution in [0, 0.1) is 0 Å². The van der Waals surface area contributed by atoms with Crippen LogP contribution in [-0.4, -0.2) is 55.2 Å². The fourth-order valence-corrected chi connectivity index (χ4v) is 4.33. The van der Waals surface area contributed by atoms with Crippen LogP contribution in [0.2, 0.25) is 5.02 Å². The van der Waals surface area contributed by atoms with Crippen LogP contribution in [0.4, 0.5) is 16.3 Å². The molecule has 0 saturated carbocycles. The smallest absolute Gasteiger partial charge is 0.321 e. The highest BCUT2D eigenvalue weighted by molar-refractivity contribution is 6.30. The Kier molecular flexibility index (Phi) is 6.21. The number of amides is 2. The number of pyridine rings is 1. The molecule has 2 saturated heterocycles. The minimum Gasteiger partial charge on any atom is -0.355 e. The molecule has 1 aromatic carbocycles. The first-order valence-electron chi connectivity index (χ1n) is 10.3. The Hall–Kier alpha value is -2.31. The lowest BCUT2D eigenvalue weighted by molar-refractivity contribution is 0.194. The number of hydrogen-bond donors (Lipinski definition) is 2. The number of piperidine rings is 1. The van der Waals surface area contributed by atoms with Crippen molar-refractivity contribution in [3.05, 3.63) is 53.2 Å². The van der Waals surface area contributed by atoms with Gasteiger partial charge in [-0.25, -0.2) is 9.78 Å². The van der Waals surface area contributed by atoms with Crippen LogP contribution < -0.4 is 15.5 Å². The van der Waals surface area contributed by atoms with Gasteiger partial charge in [0.25, 0.3) is 0 Å². The van der Waals surface area contributed by atoms with Crippen molar-refractivity contribution in [2.75, 3.05) is 43.4 Å². The molecule has 1 aromatic heterocycles. The van der Waals surface area contributed by atoms with Gasteiger partial charge in [-0.3, -0.25) is 0 Å². The highest BCUT2D eigenvalue weighted by Gasteiger charge is 2.24. The average Bonchev–Trinajstić information content (AvgIpc) is 3.24. The summed E-state index contributed by atoms with van der Waals surface area (Å²) in [4.78, 5) is 21.3. The van der Waals surface area contributed by atoms with Gasteiger partial charge in [-0.2, -0.15) is 0 Å². The standard InChI is InChI=1S/C22H28ClN5O/c1-24-20-10-13-28(15-20)21-7-6-19(14-25-21)26-22(29)27-11-8-17(9-12-27)16-2-4-18(23)5-3-16/h2-7,14,17,20,24H,8-13,15H2,1H3,(H,26,29). The van der Waals surface area contributed by atoms with Crippen LogP contribution in [0.25, 0.3) is 0 Å². The van der Waals surface area contributed by atoms with Crippen LogP contribution in [0.15, 0.2) is 42.6 Å². The first kappa shape index (κ1) is 20.0. The SMILES string of the molecule is CNC1CCN(c2ccc(NC(=O)N3CCC(c4ccc(Cl)cc4)CC3)cn2)C1. The van der Waals surface area contributed by atoms with Gasteiger partial charge in [-0.05, 0) is 62.1 Å². The second kappa shape index (κ2) is 9.01. The van der Waals surface area contributed by atoms with Gasteiger partial charge in [-0.1, -0.05) is 23.7 Å². The molecule has 1 atom stereocenters. The van der Waals surface area contributed by atoms with Crippen LogP contribution >= 0.6 is 11.6 Å². The van der Waals surface area contributed by atoms with Crippen molar-refractivity contribution in [2.45, 2.75) is 31.2 Å². The average molecular weight is 414 g/mol. The van der Waals surface area contributed by atoms with E-state index >= 15 is 0 Å². The zero-order valence-corrected chi connectivity index (χ0v) is 17.5. The maximum Gasteiger partial charge on any atom is 0.321 e. The van der Waals surface area contributed by atoms with Gasteiger partial charge < -0.3 is 20.4 Å². The Balaban J connectivity index is 1.28. The summed E-state index contributed by atoms with van der Waals surface area (Å²) in [6.45, 7) is 3.48. The molecule has 0 aliphatic carbocycles. The molecule has 2 N–H and O–H groups in total. The summed E-state index contributed by atoms with van der Waals surface area (Å²) in [5, 5.41) is 7.06. The van der Waals surface area contributed by atoms with E-state index in [2.05, 4.69) is 32.7 Å². The molecule has 0 radical (unpaired) electrons. The molecule has 3 heterocycles. The Bertz CT molecular complexity index is 818. The molecule has 0 spiro atoms. The van der Waals surface area contributed by atoms with Crippen molar-refractivity contribution in [1.82, 2.24) is 15.2 Å². The summed E-state index contributed by atoms with van der Waals surface area (Å²) in [6, 6.07) is 12.5. The summed E-state index contributed by atoms with van der Waals surface area (Å²) in [6.07, 6.45) is 4.81. The molecule has 7 heteroatoms. The molecule has 2 aliphatic rings. The van der Waals surface area contributed by atoms with Crippen molar-refractivity contribution < 1.29 is 4.79 Å². The minimum atomic E-state index is -0.0504. The highest BCUT2D eigenvalue weighted by Crippen LogP contribution is 2.29. The molecular formula is C22H28ClN5O. The number of benzene rings is 1. The molecule has 2 fully saturated rings. The van der Waals surface area contributed by atoms with Crippen LogP contribution in [-0.2, 0) is 0 Å². The molecule has 154 valence electrons. The minimum absolute atomic E-state index is 0.0504. The summed E-state index contributed by atoms with van der Waals surface area (Å²) < 4.78 is 0. The second-order valence-corrected chi connectivity index (χ2v) is 8.30. The Morgan fingerprint density at radius 1 is 1.07 bits per heavy atom. The number of nitrogens with one attached hydrogen (secondary N) is 2. The summed E-state index contributed by atoms with van der Waals surface area (Å²) in [5.74, 6) is 1.45. The summed E-state index contributed by atoms with van der Waals surface area (Å²) in [5.41, 5.74) is 2.04. The van der Waals surface area contributed by atoms with E-state index in [9.17, 15) is 4.79 Å². The Morgan fingerprint density at radius 3 is 2.45 bits per heavy atom. The van der Waals surface area contributed by atoms with Crippen LogP contribution in [0.1, 0.15) is 30.7 Å². The largest absolute Gasteiger partial charge is 0.355 e. The summed E-state index contributed by atoms with van der Waals surface area (Å²) >= 11 is 5.98. The van der Waals surface area contributed by atoms with Gasteiger partial charge in [0.15, 0.2) is 0 Å². The molecule has 2 aromatic rings. The molecule has 2 amide bonds. The number of carbonyl (C=O) groups is 1. The third kappa shape index (κ3) is 4.82. The molecule has 29 heavy (non-hydrogen) atoms. The number of likely N-dealkylation sites (tertiary alicyclic amines) is 1. The van der Waals surface area contributed by atoms with Crippen LogP contribution in [0.5, 0.6) is 0 Å². The first-order chi connectivity index (χ1) is 14.1. The number of halogens is 1. The van der Waals surface area contributed by atoms with Crippen molar-refractivity contribution in [3.8, 4) is 0 Å². The fraction of sp³-hybridized carbons (Fsp3) is 0.455. The van der Waals surface area contributed by atoms with E-state index in [-0.39, 0.29) is 6.03 Å². The van der Waals surface area contributed by atoms with E-state index in [1.54, 1.807) is 6.20 Å². The molecule has 1 unspecified atom stereocenters. The van der Waals surface area contributed by atoms with Crippen LogP contribution in [0.3, 0.4) is 0 Å². The lowest BCUT2D eigenvalue weighted by Gasteiger charge is -2.32. The van der Waals surface area contributed by atoms with Gasteiger partial charge in [0, 0.05) is 37.2 Å². The number of rotatable bonds is 4. The molecule has 4 rings (SSSR count). The number of nitrogens with zero attached hydrogens (tertiary/aromatic N) is 3. The lowest BCUT2D eigenvalue weighted by Crippen LogP contribution is -2.40. The van der Waals surface area contributed by atoms with E-state index in [4.69, 9.17) is 11.6 Å². The van der Waals surface area contributed by atoms with Gasteiger partial charge in [0.1, 0.15) is 5.82 Å². The van der Waals surface area contributed by atoms with Crippen molar-refractivity contribution in [2.24, 2.45) is 0 Å².